The van der Waals surface area contributed by atoms with Crippen LogP contribution in [0.2, 0.25) is 5.02 Å². The predicted molar refractivity (Wildman–Crippen MR) is 132 cm³/mol. The van der Waals surface area contributed by atoms with Crippen molar-refractivity contribution in [3.63, 3.8) is 0 Å². The molecule has 3 amide bonds. The van der Waals surface area contributed by atoms with Crippen molar-refractivity contribution in [2.24, 2.45) is 0 Å². The number of hydrazine groups is 1. The third-order valence-corrected chi connectivity index (χ3v) is 7.15. The van der Waals surface area contributed by atoms with Gasteiger partial charge in [0.15, 0.2) is 0 Å². The van der Waals surface area contributed by atoms with Crippen LogP contribution in [0, 0.1) is 0 Å². The third-order valence-electron chi connectivity index (χ3n) is 5.77. The minimum Gasteiger partial charge on any atom is -0.342 e. The van der Waals surface area contributed by atoms with Crippen LogP contribution in [0.4, 0.5) is 0 Å². The van der Waals surface area contributed by atoms with E-state index in [0.717, 1.165) is 29.0 Å². The number of nitrogens with zero attached hydrogens (tertiary/aromatic N) is 2. The Kier molecular flexibility index (Phi) is 7.92. The Hall–Kier alpha value is -3.23. The number of carbonyl (C=O) groups is 3. The monoisotopic (exact) mass is 496 g/mol. The largest absolute Gasteiger partial charge is 0.342 e. The van der Waals surface area contributed by atoms with Crippen molar-refractivity contribution in [2.45, 2.75) is 31.6 Å². The van der Waals surface area contributed by atoms with Crippen molar-refractivity contribution >= 4 is 40.7 Å². The van der Waals surface area contributed by atoms with Gasteiger partial charge < -0.3 is 4.90 Å². The van der Waals surface area contributed by atoms with E-state index in [0.29, 0.717) is 24.5 Å². The van der Waals surface area contributed by atoms with Crippen LogP contribution in [0.25, 0.3) is 0 Å². The number of likely N-dealkylation sites (tertiary alicyclic amines) is 1. The average molecular weight is 497 g/mol. The molecule has 1 aliphatic heterocycles. The highest BCUT2D eigenvalue weighted by molar-refractivity contribution is 7.09. The summed E-state index contributed by atoms with van der Waals surface area (Å²) in [6, 6.07) is 16.7. The lowest BCUT2D eigenvalue weighted by molar-refractivity contribution is -0.131. The van der Waals surface area contributed by atoms with Gasteiger partial charge >= 0.3 is 0 Å². The van der Waals surface area contributed by atoms with Crippen molar-refractivity contribution in [2.75, 3.05) is 13.1 Å². The van der Waals surface area contributed by atoms with E-state index >= 15 is 0 Å². The average Bonchev–Trinajstić information content (AvgIpc) is 3.35. The number of aromatic nitrogens is 1. The Morgan fingerprint density at radius 3 is 2.41 bits per heavy atom. The van der Waals surface area contributed by atoms with Crippen molar-refractivity contribution in [3.05, 3.63) is 86.8 Å². The molecule has 1 aromatic heterocycles. The van der Waals surface area contributed by atoms with Gasteiger partial charge in [0, 0.05) is 29.4 Å². The molecule has 1 fully saturated rings. The first-order valence-corrected chi connectivity index (χ1v) is 12.3. The topological polar surface area (TPSA) is 91.4 Å². The summed E-state index contributed by atoms with van der Waals surface area (Å²) in [5.74, 6) is -0.485. The Labute approximate surface area is 207 Å². The maximum absolute atomic E-state index is 12.7. The molecule has 34 heavy (non-hydrogen) atoms. The molecule has 0 unspecified atom stereocenters. The maximum atomic E-state index is 12.7. The quantitative estimate of drug-likeness (QED) is 0.508. The van der Waals surface area contributed by atoms with Gasteiger partial charge in [0.25, 0.3) is 5.91 Å². The van der Waals surface area contributed by atoms with Crippen molar-refractivity contribution < 1.29 is 14.4 Å². The highest BCUT2D eigenvalue weighted by atomic mass is 35.5. The number of piperidine rings is 1. The molecule has 2 heterocycles. The second kappa shape index (κ2) is 11.3. The van der Waals surface area contributed by atoms with Crippen LogP contribution in [0.1, 0.15) is 45.4 Å². The third kappa shape index (κ3) is 6.21. The summed E-state index contributed by atoms with van der Waals surface area (Å²) >= 11 is 7.61. The van der Waals surface area contributed by atoms with Crippen molar-refractivity contribution in [1.82, 2.24) is 20.7 Å². The lowest BCUT2D eigenvalue weighted by Gasteiger charge is -2.31. The fourth-order valence-electron chi connectivity index (χ4n) is 3.89. The van der Waals surface area contributed by atoms with Gasteiger partial charge in [-0.3, -0.25) is 25.2 Å². The van der Waals surface area contributed by atoms with E-state index in [2.05, 4.69) is 15.8 Å². The first-order chi connectivity index (χ1) is 16.5. The number of amides is 3. The van der Waals surface area contributed by atoms with Crippen LogP contribution in [0.3, 0.4) is 0 Å². The van der Waals surface area contributed by atoms with Crippen molar-refractivity contribution in [1.29, 1.82) is 0 Å². The van der Waals surface area contributed by atoms with Gasteiger partial charge in [-0.05, 0) is 30.0 Å². The number of halogens is 1. The summed E-state index contributed by atoms with van der Waals surface area (Å²) in [5.41, 5.74) is 6.83. The van der Waals surface area contributed by atoms with Gasteiger partial charge in [-0.1, -0.05) is 60.1 Å². The summed E-state index contributed by atoms with van der Waals surface area (Å²) in [7, 11) is 0. The van der Waals surface area contributed by atoms with Crippen LogP contribution in [-0.4, -0.2) is 40.7 Å². The molecule has 0 saturated carbocycles. The molecule has 0 bridgehead atoms. The molecule has 1 aliphatic rings. The SMILES string of the molecule is O=C(Cc1ccccc1)NNC(=O)c1csc(C2CCN(C(=O)Cc3ccccc3Cl)CC2)n1. The van der Waals surface area contributed by atoms with Crippen LogP contribution in [0.15, 0.2) is 60.0 Å². The first-order valence-electron chi connectivity index (χ1n) is 11.1. The molecular weight excluding hydrogens is 472 g/mol. The lowest BCUT2D eigenvalue weighted by Crippen LogP contribution is -2.42. The molecule has 176 valence electrons. The van der Waals surface area contributed by atoms with Crippen LogP contribution in [-0.2, 0) is 22.4 Å². The van der Waals surface area contributed by atoms with Gasteiger partial charge in [-0.25, -0.2) is 4.98 Å². The normalized spacial score (nSPS) is 14.0. The Morgan fingerprint density at radius 2 is 1.68 bits per heavy atom. The van der Waals surface area contributed by atoms with Gasteiger partial charge in [0.05, 0.1) is 17.8 Å². The number of thiazole rings is 1. The Morgan fingerprint density at radius 1 is 0.971 bits per heavy atom. The van der Waals surface area contributed by atoms with E-state index in [1.165, 1.54) is 11.3 Å². The number of rotatable bonds is 6. The molecule has 4 rings (SSSR count). The fraction of sp³-hybridized carbons (Fsp3) is 0.280. The highest BCUT2D eigenvalue weighted by Gasteiger charge is 2.26. The van der Waals surface area contributed by atoms with E-state index in [9.17, 15) is 14.4 Å². The van der Waals surface area contributed by atoms with E-state index in [1.807, 2.05) is 53.4 Å². The summed E-state index contributed by atoms with van der Waals surface area (Å²) in [5, 5.41) is 3.18. The smallest absolute Gasteiger partial charge is 0.289 e. The second-order valence-electron chi connectivity index (χ2n) is 8.16. The van der Waals surface area contributed by atoms with Crippen LogP contribution >= 0.6 is 22.9 Å². The molecule has 2 aromatic carbocycles. The number of benzene rings is 2. The van der Waals surface area contributed by atoms with Gasteiger partial charge in [-0.15, -0.1) is 11.3 Å². The lowest BCUT2D eigenvalue weighted by atomic mass is 9.97. The molecule has 9 heteroatoms. The molecule has 1 saturated heterocycles. The summed E-state index contributed by atoms with van der Waals surface area (Å²) < 4.78 is 0. The van der Waals surface area contributed by atoms with Crippen LogP contribution in [0.5, 0.6) is 0 Å². The highest BCUT2D eigenvalue weighted by Crippen LogP contribution is 2.30. The van der Waals surface area contributed by atoms with E-state index in [1.54, 1.807) is 11.4 Å². The first kappa shape index (κ1) is 23.9. The molecule has 2 N–H and O–H groups in total. The number of nitrogens with one attached hydrogen (secondary N) is 2. The summed E-state index contributed by atoms with van der Waals surface area (Å²) in [6.07, 6.45) is 2.05. The van der Waals surface area contributed by atoms with Gasteiger partial charge in [-0.2, -0.15) is 0 Å². The minimum absolute atomic E-state index is 0.0667. The zero-order chi connectivity index (χ0) is 23.9. The molecule has 0 radical (unpaired) electrons. The summed E-state index contributed by atoms with van der Waals surface area (Å²) in [4.78, 5) is 43.4. The number of hydrogen-bond acceptors (Lipinski definition) is 5. The Bertz CT molecular complexity index is 1160. The van der Waals surface area contributed by atoms with E-state index in [4.69, 9.17) is 11.6 Å². The molecule has 0 aliphatic carbocycles. The standard InChI is InChI=1S/C25H25ClN4O3S/c26-20-9-5-4-8-19(20)15-23(32)30-12-10-18(11-13-30)25-27-21(16-34-25)24(33)29-28-22(31)14-17-6-2-1-3-7-17/h1-9,16,18H,10-15H2,(H,28,31)(H,29,33). The van der Waals surface area contributed by atoms with E-state index in [-0.39, 0.29) is 29.8 Å². The maximum Gasteiger partial charge on any atom is 0.289 e. The van der Waals surface area contributed by atoms with Gasteiger partial charge in [0.2, 0.25) is 11.8 Å². The predicted octanol–water partition coefficient (Wildman–Crippen LogP) is 3.75. The molecular formula is C25H25ClN4O3S. The zero-order valence-corrected chi connectivity index (χ0v) is 20.1. The van der Waals surface area contributed by atoms with Gasteiger partial charge in [0.1, 0.15) is 5.69 Å². The minimum atomic E-state index is -0.448. The molecule has 0 atom stereocenters. The number of carbonyl (C=O) groups excluding carboxylic acids is 3. The zero-order valence-electron chi connectivity index (χ0n) is 18.5. The van der Waals surface area contributed by atoms with E-state index < -0.39 is 5.91 Å². The Balaban J connectivity index is 1.24. The van der Waals surface area contributed by atoms with Crippen molar-refractivity contribution in [3.8, 4) is 0 Å². The number of hydrogen-bond donors (Lipinski definition) is 2. The summed E-state index contributed by atoms with van der Waals surface area (Å²) in [6.45, 7) is 1.29. The van der Waals surface area contributed by atoms with Crippen LogP contribution < -0.4 is 10.9 Å². The molecule has 3 aromatic rings. The second-order valence-corrected chi connectivity index (χ2v) is 9.46. The molecule has 7 nitrogen and oxygen atoms in total. The molecule has 0 spiro atoms. The fourth-order valence-corrected chi connectivity index (χ4v) is 5.06.